The van der Waals surface area contributed by atoms with E-state index in [2.05, 4.69) is 4.90 Å². The van der Waals surface area contributed by atoms with Crippen molar-refractivity contribution in [3.8, 4) is 0 Å². The SMILES string of the molecule is NC1CCCCCC1CN1CCC(CCO)C1. The number of hydrogen-bond donors (Lipinski definition) is 2. The highest BCUT2D eigenvalue weighted by Crippen LogP contribution is 2.26. The monoisotopic (exact) mass is 240 g/mol. The highest BCUT2D eigenvalue weighted by atomic mass is 16.3. The first-order valence-electron chi connectivity index (χ1n) is 7.38. The van der Waals surface area contributed by atoms with Crippen LogP contribution >= 0.6 is 0 Å². The molecule has 3 atom stereocenters. The van der Waals surface area contributed by atoms with Crippen molar-refractivity contribution in [2.24, 2.45) is 17.6 Å². The molecule has 3 N–H and O–H groups in total. The molecule has 1 saturated carbocycles. The molecule has 2 aliphatic rings. The summed E-state index contributed by atoms with van der Waals surface area (Å²) >= 11 is 0. The van der Waals surface area contributed by atoms with Gasteiger partial charge in [-0.25, -0.2) is 0 Å². The van der Waals surface area contributed by atoms with Crippen LogP contribution in [0.4, 0.5) is 0 Å². The predicted molar refractivity (Wildman–Crippen MR) is 70.8 cm³/mol. The maximum atomic E-state index is 8.98. The molecular formula is C14H28N2O. The molecule has 0 spiro atoms. The third-order valence-corrected chi connectivity index (χ3v) is 4.62. The molecule has 3 unspecified atom stereocenters. The fraction of sp³-hybridized carbons (Fsp3) is 1.00. The lowest BCUT2D eigenvalue weighted by atomic mass is 9.95. The Hall–Kier alpha value is -0.120. The van der Waals surface area contributed by atoms with Crippen LogP contribution in [0, 0.1) is 11.8 Å². The van der Waals surface area contributed by atoms with Crippen molar-refractivity contribution in [2.45, 2.75) is 51.0 Å². The van der Waals surface area contributed by atoms with Crippen LogP contribution in [0.5, 0.6) is 0 Å². The lowest BCUT2D eigenvalue weighted by molar-refractivity contribution is 0.223. The van der Waals surface area contributed by atoms with E-state index in [1.807, 2.05) is 0 Å². The average molecular weight is 240 g/mol. The van der Waals surface area contributed by atoms with Gasteiger partial charge in [-0.15, -0.1) is 0 Å². The minimum Gasteiger partial charge on any atom is -0.396 e. The van der Waals surface area contributed by atoms with Gasteiger partial charge in [0.15, 0.2) is 0 Å². The quantitative estimate of drug-likeness (QED) is 0.734. The Bertz CT molecular complexity index is 222. The lowest BCUT2D eigenvalue weighted by Crippen LogP contribution is -2.38. The van der Waals surface area contributed by atoms with Gasteiger partial charge < -0.3 is 15.7 Å². The van der Waals surface area contributed by atoms with Crippen molar-refractivity contribution in [1.29, 1.82) is 0 Å². The largest absolute Gasteiger partial charge is 0.396 e. The van der Waals surface area contributed by atoms with Crippen molar-refractivity contribution < 1.29 is 5.11 Å². The number of likely N-dealkylation sites (tertiary alicyclic amines) is 1. The molecule has 0 amide bonds. The molecule has 1 aliphatic heterocycles. The number of nitrogens with two attached hydrogens (primary N) is 1. The second kappa shape index (κ2) is 6.72. The second-order valence-corrected chi connectivity index (χ2v) is 5.99. The molecule has 2 rings (SSSR count). The van der Waals surface area contributed by atoms with Gasteiger partial charge in [0.25, 0.3) is 0 Å². The second-order valence-electron chi connectivity index (χ2n) is 5.99. The van der Waals surface area contributed by atoms with E-state index >= 15 is 0 Å². The van der Waals surface area contributed by atoms with Gasteiger partial charge in [-0.1, -0.05) is 19.3 Å². The summed E-state index contributed by atoms with van der Waals surface area (Å²) in [6.45, 7) is 3.95. The molecule has 3 nitrogen and oxygen atoms in total. The summed E-state index contributed by atoms with van der Waals surface area (Å²) in [6.07, 6.45) is 8.85. The fourth-order valence-electron chi connectivity index (χ4n) is 3.47. The summed E-state index contributed by atoms with van der Waals surface area (Å²) in [4.78, 5) is 2.58. The van der Waals surface area contributed by atoms with Gasteiger partial charge in [-0.2, -0.15) is 0 Å². The Kier molecular flexibility index (Phi) is 5.26. The minimum absolute atomic E-state index is 0.349. The Morgan fingerprint density at radius 1 is 1.12 bits per heavy atom. The van der Waals surface area contributed by atoms with E-state index in [9.17, 15) is 0 Å². The first kappa shape index (κ1) is 13.3. The number of aliphatic hydroxyl groups is 1. The van der Waals surface area contributed by atoms with E-state index in [0.717, 1.165) is 12.3 Å². The third kappa shape index (κ3) is 3.94. The number of hydrogen-bond acceptors (Lipinski definition) is 3. The van der Waals surface area contributed by atoms with Gasteiger partial charge in [0.05, 0.1) is 0 Å². The maximum Gasteiger partial charge on any atom is 0.0434 e. The van der Waals surface area contributed by atoms with Gasteiger partial charge in [0.1, 0.15) is 0 Å². The molecule has 2 fully saturated rings. The van der Waals surface area contributed by atoms with Crippen LogP contribution in [0.25, 0.3) is 0 Å². The van der Waals surface area contributed by atoms with E-state index in [0.29, 0.717) is 18.6 Å². The zero-order chi connectivity index (χ0) is 12.1. The Labute approximate surface area is 105 Å². The van der Waals surface area contributed by atoms with Gasteiger partial charge in [-0.05, 0) is 44.1 Å². The summed E-state index contributed by atoms with van der Waals surface area (Å²) < 4.78 is 0. The highest BCUT2D eigenvalue weighted by Gasteiger charge is 2.27. The molecule has 1 saturated heterocycles. The molecule has 3 heteroatoms. The Morgan fingerprint density at radius 2 is 1.94 bits per heavy atom. The van der Waals surface area contributed by atoms with Gasteiger partial charge in [0, 0.05) is 25.7 Å². The van der Waals surface area contributed by atoms with Crippen LogP contribution in [-0.2, 0) is 0 Å². The van der Waals surface area contributed by atoms with Crippen LogP contribution in [0.2, 0.25) is 0 Å². The van der Waals surface area contributed by atoms with Crippen molar-refractivity contribution in [3.05, 3.63) is 0 Å². The first-order valence-corrected chi connectivity index (χ1v) is 7.38. The number of rotatable bonds is 4. The van der Waals surface area contributed by atoms with Gasteiger partial charge in [0.2, 0.25) is 0 Å². The summed E-state index contributed by atoms with van der Waals surface area (Å²) in [5.41, 5.74) is 6.28. The summed E-state index contributed by atoms with van der Waals surface area (Å²) in [7, 11) is 0. The molecule has 0 aromatic carbocycles. The van der Waals surface area contributed by atoms with Crippen LogP contribution in [-0.4, -0.2) is 42.3 Å². The van der Waals surface area contributed by atoms with E-state index in [4.69, 9.17) is 10.8 Å². The van der Waals surface area contributed by atoms with Crippen LogP contribution in [0.1, 0.15) is 44.9 Å². The summed E-state index contributed by atoms with van der Waals surface area (Å²) in [5, 5.41) is 8.98. The summed E-state index contributed by atoms with van der Waals surface area (Å²) in [6, 6.07) is 0.425. The normalized spacial score (nSPS) is 36.0. The number of nitrogens with zero attached hydrogens (tertiary/aromatic N) is 1. The lowest BCUT2D eigenvalue weighted by Gasteiger charge is -2.27. The van der Waals surface area contributed by atoms with E-state index in [-0.39, 0.29) is 0 Å². The molecule has 0 bridgehead atoms. The van der Waals surface area contributed by atoms with Crippen LogP contribution in [0.3, 0.4) is 0 Å². The molecule has 1 aliphatic carbocycles. The average Bonchev–Trinajstić information content (AvgIpc) is 2.65. The summed E-state index contributed by atoms with van der Waals surface area (Å²) in [5.74, 6) is 1.44. The van der Waals surface area contributed by atoms with E-state index in [1.54, 1.807) is 0 Å². The molecular weight excluding hydrogens is 212 g/mol. The topological polar surface area (TPSA) is 49.5 Å². The predicted octanol–water partition coefficient (Wildman–Crippen LogP) is 1.60. The molecule has 0 aromatic rings. The third-order valence-electron chi connectivity index (χ3n) is 4.62. The van der Waals surface area contributed by atoms with Crippen molar-refractivity contribution in [1.82, 2.24) is 4.90 Å². The van der Waals surface area contributed by atoms with E-state index in [1.165, 1.54) is 58.2 Å². The van der Waals surface area contributed by atoms with Crippen molar-refractivity contribution >= 4 is 0 Å². The zero-order valence-corrected chi connectivity index (χ0v) is 11.0. The Balaban J connectivity index is 1.76. The van der Waals surface area contributed by atoms with Gasteiger partial charge in [-0.3, -0.25) is 0 Å². The number of aliphatic hydroxyl groups excluding tert-OH is 1. The smallest absolute Gasteiger partial charge is 0.0434 e. The molecule has 17 heavy (non-hydrogen) atoms. The maximum absolute atomic E-state index is 8.98. The standard InChI is InChI=1S/C14H28N2O/c15-14-5-3-1-2-4-13(14)11-16-8-6-12(10-16)7-9-17/h12-14,17H,1-11,15H2. The van der Waals surface area contributed by atoms with Crippen LogP contribution < -0.4 is 5.73 Å². The van der Waals surface area contributed by atoms with Crippen molar-refractivity contribution in [2.75, 3.05) is 26.2 Å². The van der Waals surface area contributed by atoms with Crippen LogP contribution in [0.15, 0.2) is 0 Å². The fourth-order valence-corrected chi connectivity index (χ4v) is 3.47. The minimum atomic E-state index is 0.349. The molecule has 0 radical (unpaired) electrons. The van der Waals surface area contributed by atoms with Gasteiger partial charge >= 0.3 is 0 Å². The zero-order valence-electron chi connectivity index (χ0n) is 11.0. The molecule has 0 aromatic heterocycles. The Morgan fingerprint density at radius 3 is 2.76 bits per heavy atom. The molecule has 100 valence electrons. The highest BCUT2D eigenvalue weighted by molar-refractivity contribution is 4.83. The first-order chi connectivity index (χ1) is 8.29. The molecule has 1 heterocycles. The van der Waals surface area contributed by atoms with E-state index < -0.39 is 0 Å². The van der Waals surface area contributed by atoms with Crippen molar-refractivity contribution in [3.63, 3.8) is 0 Å².